The van der Waals surface area contributed by atoms with E-state index in [2.05, 4.69) is 59.5 Å². The Morgan fingerprint density at radius 1 is 1.05 bits per heavy atom. The summed E-state index contributed by atoms with van der Waals surface area (Å²) in [4.78, 5) is 3.81. The van der Waals surface area contributed by atoms with E-state index in [0.29, 0.717) is 5.25 Å². The van der Waals surface area contributed by atoms with Crippen molar-refractivity contribution >= 4 is 17.4 Å². The number of hydrogen-bond acceptors (Lipinski definition) is 3. The fraction of sp³-hybridized carbons (Fsp3) is 0.294. The molecule has 3 heteroatoms. The summed E-state index contributed by atoms with van der Waals surface area (Å²) < 4.78 is 6.00. The summed E-state index contributed by atoms with van der Waals surface area (Å²) >= 11 is 1.98. The molecule has 2 aromatic rings. The number of hydrogen-bond donors (Lipinski definition) is 0. The summed E-state index contributed by atoms with van der Waals surface area (Å²) in [5.74, 6) is 0. The van der Waals surface area contributed by atoms with Crippen molar-refractivity contribution in [3.05, 3.63) is 60.2 Å². The molecule has 2 aliphatic rings. The molecule has 0 bridgehead atoms. The van der Waals surface area contributed by atoms with Crippen LogP contribution in [0.15, 0.2) is 59.5 Å². The summed E-state index contributed by atoms with van der Waals surface area (Å²) in [7, 11) is 0. The Kier molecular flexibility index (Phi) is 3.17. The molecule has 2 atom stereocenters. The van der Waals surface area contributed by atoms with Gasteiger partial charge in [-0.05, 0) is 24.1 Å². The van der Waals surface area contributed by atoms with E-state index in [1.54, 1.807) is 0 Å². The van der Waals surface area contributed by atoms with Crippen LogP contribution in [0.25, 0.3) is 0 Å². The van der Waals surface area contributed by atoms with Crippen LogP contribution in [-0.4, -0.2) is 18.1 Å². The van der Waals surface area contributed by atoms with E-state index in [1.165, 1.54) is 16.1 Å². The van der Waals surface area contributed by atoms with Crippen LogP contribution in [-0.2, 0) is 11.3 Å². The normalized spacial score (nSPS) is 24.3. The largest absolute Gasteiger partial charge is 0.357 e. The van der Waals surface area contributed by atoms with Gasteiger partial charge in [0, 0.05) is 11.4 Å². The molecular formula is C17H17NOS. The fourth-order valence-electron chi connectivity index (χ4n) is 3.01. The van der Waals surface area contributed by atoms with Crippen molar-refractivity contribution in [2.75, 3.05) is 11.5 Å². The summed E-state index contributed by atoms with van der Waals surface area (Å²) in [6.07, 6.45) is 1.37. The van der Waals surface area contributed by atoms with Crippen molar-refractivity contribution in [1.29, 1.82) is 0 Å². The fourth-order valence-corrected chi connectivity index (χ4v) is 4.36. The smallest absolute Gasteiger partial charge is 0.142 e. The van der Waals surface area contributed by atoms with Crippen molar-refractivity contribution in [1.82, 2.24) is 0 Å². The molecule has 0 radical (unpaired) electrons. The van der Waals surface area contributed by atoms with Gasteiger partial charge in [0.15, 0.2) is 0 Å². The molecule has 4 rings (SSSR count). The number of ether oxygens (including phenoxy) is 1. The molecule has 2 nitrogen and oxygen atoms in total. The second-order valence-corrected chi connectivity index (χ2v) is 6.57. The predicted octanol–water partition coefficient (Wildman–Crippen LogP) is 3.91. The van der Waals surface area contributed by atoms with Gasteiger partial charge >= 0.3 is 0 Å². The summed E-state index contributed by atoms with van der Waals surface area (Å²) in [6, 6.07) is 19.3. The zero-order chi connectivity index (χ0) is 13.4. The number of para-hydroxylation sites is 1. The van der Waals surface area contributed by atoms with Gasteiger partial charge in [-0.15, -0.1) is 11.8 Å². The molecule has 0 aliphatic carbocycles. The van der Waals surface area contributed by atoms with Crippen LogP contribution in [0.4, 0.5) is 5.69 Å². The number of anilines is 1. The average Bonchev–Trinajstić information content (AvgIpc) is 2.96. The van der Waals surface area contributed by atoms with Crippen molar-refractivity contribution in [2.24, 2.45) is 0 Å². The van der Waals surface area contributed by atoms with Crippen LogP contribution in [0.5, 0.6) is 0 Å². The maximum atomic E-state index is 6.00. The van der Waals surface area contributed by atoms with E-state index < -0.39 is 0 Å². The monoisotopic (exact) mass is 283 g/mol. The first-order chi connectivity index (χ1) is 9.92. The van der Waals surface area contributed by atoms with Gasteiger partial charge < -0.3 is 9.64 Å². The molecule has 0 amide bonds. The Labute approximate surface area is 123 Å². The highest BCUT2D eigenvalue weighted by molar-refractivity contribution is 8.00. The lowest BCUT2D eigenvalue weighted by Crippen LogP contribution is -2.42. The molecule has 20 heavy (non-hydrogen) atoms. The summed E-state index contributed by atoms with van der Waals surface area (Å²) in [5.41, 5.74) is 2.65. The summed E-state index contributed by atoms with van der Waals surface area (Å²) in [5, 5.41) is 0.564. The minimum atomic E-state index is 0.218. The highest BCUT2D eigenvalue weighted by Crippen LogP contribution is 2.45. The molecule has 1 saturated heterocycles. The van der Waals surface area contributed by atoms with Gasteiger partial charge in [0.05, 0.1) is 17.5 Å². The number of benzene rings is 2. The minimum Gasteiger partial charge on any atom is -0.357 e. The van der Waals surface area contributed by atoms with E-state index >= 15 is 0 Å². The van der Waals surface area contributed by atoms with Gasteiger partial charge in [-0.2, -0.15) is 0 Å². The Morgan fingerprint density at radius 3 is 2.75 bits per heavy atom. The predicted molar refractivity (Wildman–Crippen MR) is 83.1 cm³/mol. The minimum absolute atomic E-state index is 0.218. The van der Waals surface area contributed by atoms with Crippen molar-refractivity contribution in [3.8, 4) is 0 Å². The van der Waals surface area contributed by atoms with Gasteiger partial charge in [-0.3, -0.25) is 0 Å². The van der Waals surface area contributed by atoms with Gasteiger partial charge in [0.25, 0.3) is 0 Å². The molecule has 1 fully saturated rings. The van der Waals surface area contributed by atoms with Crippen molar-refractivity contribution < 1.29 is 4.74 Å². The number of fused-ring (bicyclic) bond motifs is 2. The lowest BCUT2D eigenvalue weighted by atomic mass is 10.1. The van der Waals surface area contributed by atoms with Gasteiger partial charge in [-0.25, -0.2) is 0 Å². The second-order valence-electron chi connectivity index (χ2n) is 5.29. The first-order valence-corrected chi connectivity index (χ1v) is 7.98. The maximum Gasteiger partial charge on any atom is 0.142 e. The zero-order valence-corrected chi connectivity index (χ0v) is 12.1. The number of thioether (sulfide) groups is 1. The van der Waals surface area contributed by atoms with Crippen molar-refractivity contribution in [2.45, 2.75) is 29.3 Å². The van der Waals surface area contributed by atoms with Gasteiger partial charge in [-0.1, -0.05) is 42.5 Å². The highest BCUT2D eigenvalue weighted by Gasteiger charge is 2.39. The zero-order valence-electron chi connectivity index (χ0n) is 11.2. The average molecular weight is 283 g/mol. The molecule has 0 unspecified atom stereocenters. The topological polar surface area (TPSA) is 12.5 Å². The highest BCUT2D eigenvalue weighted by atomic mass is 32.2. The van der Waals surface area contributed by atoms with Crippen molar-refractivity contribution in [3.63, 3.8) is 0 Å². The van der Waals surface area contributed by atoms with Crippen LogP contribution >= 0.6 is 11.8 Å². The Bertz CT molecular complexity index is 601. The SMILES string of the molecule is c1ccc(CN2c3ccccc3S[C@@H]3CCO[C@@H]32)cc1. The standard InChI is InChI=1S/C17H17NOS/c1-2-6-13(7-3-1)12-18-14-8-4-5-9-15(14)20-16-10-11-19-17(16)18/h1-9,16-17H,10-12H2/t16-,17+/m1/s1. The molecule has 0 aromatic heterocycles. The Morgan fingerprint density at radius 2 is 1.85 bits per heavy atom. The van der Waals surface area contributed by atoms with Crippen LogP contribution in [0.2, 0.25) is 0 Å². The first kappa shape index (κ1) is 12.3. The lowest BCUT2D eigenvalue weighted by Gasteiger charge is -2.39. The Hall–Kier alpha value is -1.45. The van der Waals surface area contributed by atoms with Gasteiger partial charge in [0.1, 0.15) is 6.23 Å². The Balaban J connectivity index is 1.71. The third-order valence-electron chi connectivity index (χ3n) is 3.96. The molecule has 2 aromatic carbocycles. The molecule has 0 N–H and O–H groups in total. The number of nitrogens with zero attached hydrogens (tertiary/aromatic N) is 1. The number of rotatable bonds is 2. The van der Waals surface area contributed by atoms with E-state index in [-0.39, 0.29) is 6.23 Å². The first-order valence-electron chi connectivity index (χ1n) is 7.10. The van der Waals surface area contributed by atoms with Crippen LogP contribution in [0, 0.1) is 0 Å². The van der Waals surface area contributed by atoms with Gasteiger partial charge in [0.2, 0.25) is 0 Å². The van der Waals surface area contributed by atoms with Crippen LogP contribution in [0.3, 0.4) is 0 Å². The second kappa shape index (κ2) is 5.15. The maximum absolute atomic E-state index is 6.00. The molecule has 2 heterocycles. The quantitative estimate of drug-likeness (QED) is 0.829. The third kappa shape index (κ3) is 2.11. The molecular weight excluding hydrogens is 266 g/mol. The van der Waals surface area contributed by atoms with E-state index in [0.717, 1.165) is 19.6 Å². The van der Waals surface area contributed by atoms with E-state index in [9.17, 15) is 0 Å². The molecule has 2 aliphatic heterocycles. The van der Waals surface area contributed by atoms with Crippen LogP contribution < -0.4 is 4.90 Å². The lowest BCUT2D eigenvalue weighted by molar-refractivity contribution is 0.107. The van der Waals surface area contributed by atoms with E-state index in [4.69, 9.17) is 4.74 Å². The molecule has 0 saturated carbocycles. The van der Waals surface area contributed by atoms with Crippen LogP contribution in [0.1, 0.15) is 12.0 Å². The third-order valence-corrected chi connectivity index (χ3v) is 5.34. The molecule has 102 valence electrons. The van der Waals surface area contributed by atoms with E-state index in [1.807, 2.05) is 11.8 Å². The molecule has 0 spiro atoms. The summed E-state index contributed by atoms with van der Waals surface area (Å²) in [6.45, 7) is 1.79.